The summed E-state index contributed by atoms with van der Waals surface area (Å²) in [6, 6.07) is 14.3. The van der Waals surface area contributed by atoms with Crippen LogP contribution in [-0.2, 0) is 11.2 Å². The van der Waals surface area contributed by atoms with Crippen LogP contribution in [0.25, 0.3) is 0 Å². The third-order valence-electron chi connectivity index (χ3n) is 5.55. The quantitative estimate of drug-likeness (QED) is 0.445. The maximum Gasteiger partial charge on any atom is 0.255 e. The summed E-state index contributed by atoms with van der Waals surface area (Å²) in [7, 11) is 1.60. The number of amides is 1. The number of anilines is 2. The molecule has 1 aromatic heterocycles. The molecule has 0 bridgehead atoms. The number of aliphatic hydroxyl groups excluding tert-OH is 1. The lowest BCUT2D eigenvalue weighted by atomic mass is 9.95. The Labute approximate surface area is 198 Å². The summed E-state index contributed by atoms with van der Waals surface area (Å²) in [5.41, 5.74) is 2.76. The fourth-order valence-corrected chi connectivity index (χ4v) is 3.93. The number of fused-ring (bicyclic) bond motifs is 1. The molecule has 9 heteroatoms. The molecule has 4 rings (SSSR count). The SMILES string of the molecule is CCOc1ccc(C2C(C(=O)Nc3ccc(OC)cc3)=C(C)Nc3nc(CCCO)nn32)cc1. The molecular weight excluding hydrogens is 434 g/mol. The van der Waals surface area contributed by atoms with Gasteiger partial charge in [0.15, 0.2) is 5.82 Å². The van der Waals surface area contributed by atoms with Crippen molar-refractivity contribution in [3.05, 3.63) is 71.2 Å². The van der Waals surface area contributed by atoms with Crippen LogP contribution < -0.4 is 20.1 Å². The zero-order valence-electron chi connectivity index (χ0n) is 19.5. The number of hydrogen-bond donors (Lipinski definition) is 3. The molecular formula is C25H29N5O4. The Morgan fingerprint density at radius 1 is 1.15 bits per heavy atom. The maximum atomic E-state index is 13.5. The second-order valence-corrected chi connectivity index (χ2v) is 7.87. The van der Waals surface area contributed by atoms with E-state index in [2.05, 4.69) is 20.7 Å². The molecule has 1 aliphatic heterocycles. The molecule has 0 saturated carbocycles. The van der Waals surface area contributed by atoms with Gasteiger partial charge in [0, 0.05) is 24.4 Å². The molecule has 1 amide bonds. The highest BCUT2D eigenvalue weighted by Crippen LogP contribution is 2.36. The van der Waals surface area contributed by atoms with Gasteiger partial charge in [0.25, 0.3) is 5.91 Å². The number of allylic oxidation sites excluding steroid dienone is 1. The van der Waals surface area contributed by atoms with Gasteiger partial charge in [-0.3, -0.25) is 4.79 Å². The Balaban J connectivity index is 1.71. The zero-order valence-corrected chi connectivity index (χ0v) is 19.5. The number of aromatic nitrogens is 3. The standard InChI is InChI=1S/C25H29N5O4/c1-4-34-20-11-7-17(8-12-20)23-22(24(32)27-18-9-13-19(33-3)14-10-18)16(2)26-25-28-21(6-5-15-31)29-30(23)25/h7-14,23,31H,4-6,15H2,1-3H3,(H,27,32)(H,26,28,29). The molecule has 9 nitrogen and oxygen atoms in total. The number of benzene rings is 2. The minimum Gasteiger partial charge on any atom is -0.497 e. The van der Waals surface area contributed by atoms with Gasteiger partial charge < -0.3 is 25.2 Å². The van der Waals surface area contributed by atoms with E-state index < -0.39 is 6.04 Å². The van der Waals surface area contributed by atoms with Crippen molar-refractivity contribution in [2.24, 2.45) is 0 Å². The fraction of sp³-hybridized carbons (Fsp3) is 0.320. The monoisotopic (exact) mass is 463 g/mol. The molecule has 1 atom stereocenters. The highest BCUT2D eigenvalue weighted by molar-refractivity contribution is 6.06. The third kappa shape index (κ3) is 4.89. The number of nitrogens with one attached hydrogen (secondary N) is 2. The van der Waals surface area contributed by atoms with Crippen molar-refractivity contribution in [3.63, 3.8) is 0 Å². The van der Waals surface area contributed by atoms with E-state index >= 15 is 0 Å². The molecule has 34 heavy (non-hydrogen) atoms. The predicted octanol–water partition coefficient (Wildman–Crippen LogP) is 3.54. The van der Waals surface area contributed by atoms with Gasteiger partial charge in [-0.1, -0.05) is 12.1 Å². The Morgan fingerprint density at radius 2 is 1.85 bits per heavy atom. The normalized spacial score (nSPS) is 14.9. The van der Waals surface area contributed by atoms with Crippen LogP contribution >= 0.6 is 0 Å². The van der Waals surface area contributed by atoms with Crippen molar-refractivity contribution in [1.29, 1.82) is 0 Å². The topological polar surface area (TPSA) is 111 Å². The number of nitrogens with zero attached hydrogens (tertiary/aromatic N) is 3. The molecule has 0 fully saturated rings. The Bertz CT molecular complexity index is 1170. The van der Waals surface area contributed by atoms with Crippen molar-refractivity contribution < 1.29 is 19.4 Å². The Hall–Kier alpha value is -3.85. The van der Waals surface area contributed by atoms with E-state index in [-0.39, 0.29) is 12.5 Å². The summed E-state index contributed by atoms with van der Waals surface area (Å²) in [6.45, 7) is 4.43. The first-order valence-corrected chi connectivity index (χ1v) is 11.3. The number of hydrogen-bond acceptors (Lipinski definition) is 7. The summed E-state index contributed by atoms with van der Waals surface area (Å²) in [5, 5.41) is 20.1. The molecule has 0 aliphatic carbocycles. The van der Waals surface area contributed by atoms with E-state index in [9.17, 15) is 9.90 Å². The van der Waals surface area contributed by atoms with Crippen molar-refractivity contribution in [3.8, 4) is 11.5 Å². The van der Waals surface area contributed by atoms with Crippen molar-refractivity contribution in [2.45, 2.75) is 32.7 Å². The number of methoxy groups -OCH3 is 1. The van der Waals surface area contributed by atoms with Crippen molar-refractivity contribution in [2.75, 3.05) is 31.0 Å². The van der Waals surface area contributed by atoms with Gasteiger partial charge in [-0.25, -0.2) is 4.68 Å². The molecule has 0 radical (unpaired) electrons. The highest BCUT2D eigenvalue weighted by atomic mass is 16.5. The van der Waals surface area contributed by atoms with Gasteiger partial charge in [0.2, 0.25) is 5.95 Å². The summed E-state index contributed by atoms with van der Waals surface area (Å²) < 4.78 is 12.5. The van der Waals surface area contributed by atoms with Crippen LogP contribution in [0.1, 0.15) is 37.7 Å². The van der Waals surface area contributed by atoms with E-state index in [0.717, 1.165) is 11.3 Å². The second kappa shape index (κ2) is 10.4. The van der Waals surface area contributed by atoms with Gasteiger partial charge in [0.05, 0.1) is 19.3 Å². The zero-order chi connectivity index (χ0) is 24.1. The Kier molecular flexibility index (Phi) is 7.12. The van der Waals surface area contributed by atoms with Crippen LogP contribution in [0.5, 0.6) is 11.5 Å². The molecule has 178 valence electrons. The van der Waals surface area contributed by atoms with Gasteiger partial charge in [-0.2, -0.15) is 10.1 Å². The van der Waals surface area contributed by atoms with Crippen LogP contribution in [0.15, 0.2) is 59.8 Å². The number of aryl methyl sites for hydroxylation is 1. The summed E-state index contributed by atoms with van der Waals surface area (Å²) in [4.78, 5) is 18.1. The van der Waals surface area contributed by atoms with Gasteiger partial charge >= 0.3 is 0 Å². The first kappa shape index (κ1) is 23.3. The summed E-state index contributed by atoms with van der Waals surface area (Å²) in [5.74, 6) is 2.39. The van der Waals surface area contributed by atoms with E-state index in [1.165, 1.54) is 0 Å². The second-order valence-electron chi connectivity index (χ2n) is 7.87. The molecule has 1 aliphatic rings. The van der Waals surface area contributed by atoms with E-state index in [4.69, 9.17) is 9.47 Å². The number of aliphatic hydroxyl groups is 1. The van der Waals surface area contributed by atoms with Crippen molar-refractivity contribution >= 4 is 17.5 Å². The average molecular weight is 464 g/mol. The maximum absolute atomic E-state index is 13.5. The van der Waals surface area contributed by atoms with Crippen LogP contribution in [0.3, 0.4) is 0 Å². The molecule has 2 aromatic carbocycles. The Morgan fingerprint density at radius 3 is 2.50 bits per heavy atom. The molecule has 3 N–H and O–H groups in total. The molecule has 0 spiro atoms. The molecule has 0 saturated heterocycles. The lowest BCUT2D eigenvalue weighted by molar-refractivity contribution is -0.113. The number of ether oxygens (including phenoxy) is 2. The fourth-order valence-electron chi connectivity index (χ4n) is 3.93. The van der Waals surface area contributed by atoms with E-state index in [0.29, 0.717) is 53.9 Å². The highest BCUT2D eigenvalue weighted by Gasteiger charge is 2.34. The van der Waals surface area contributed by atoms with Gasteiger partial charge in [-0.05, 0) is 62.2 Å². The number of carbonyl (C=O) groups is 1. The lowest BCUT2D eigenvalue weighted by Crippen LogP contribution is -2.31. The van der Waals surface area contributed by atoms with Gasteiger partial charge in [-0.15, -0.1) is 0 Å². The number of carbonyl (C=O) groups excluding carboxylic acids is 1. The van der Waals surface area contributed by atoms with E-state index in [1.807, 2.05) is 38.1 Å². The van der Waals surface area contributed by atoms with Crippen molar-refractivity contribution in [1.82, 2.24) is 14.8 Å². The average Bonchev–Trinajstić information content (AvgIpc) is 3.25. The first-order chi connectivity index (χ1) is 16.5. The van der Waals surface area contributed by atoms with Crippen LogP contribution in [0.4, 0.5) is 11.6 Å². The third-order valence-corrected chi connectivity index (χ3v) is 5.55. The number of rotatable bonds is 9. The van der Waals surface area contributed by atoms with Gasteiger partial charge in [0.1, 0.15) is 17.5 Å². The lowest BCUT2D eigenvalue weighted by Gasteiger charge is -2.28. The van der Waals surface area contributed by atoms with Crippen LogP contribution in [0.2, 0.25) is 0 Å². The van der Waals surface area contributed by atoms with Crippen LogP contribution in [0, 0.1) is 0 Å². The largest absolute Gasteiger partial charge is 0.497 e. The minimum atomic E-state index is -0.486. The summed E-state index contributed by atoms with van der Waals surface area (Å²) >= 11 is 0. The molecule has 2 heterocycles. The smallest absolute Gasteiger partial charge is 0.255 e. The summed E-state index contributed by atoms with van der Waals surface area (Å²) in [6.07, 6.45) is 1.11. The minimum absolute atomic E-state index is 0.0619. The van der Waals surface area contributed by atoms with Crippen LogP contribution in [-0.4, -0.2) is 46.1 Å². The first-order valence-electron chi connectivity index (χ1n) is 11.3. The molecule has 1 unspecified atom stereocenters. The van der Waals surface area contributed by atoms with E-state index in [1.54, 1.807) is 36.1 Å². The predicted molar refractivity (Wildman–Crippen MR) is 129 cm³/mol. The molecule has 3 aromatic rings.